The summed E-state index contributed by atoms with van der Waals surface area (Å²) in [4.78, 5) is 38.6. The fourth-order valence-corrected chi connectivity index (χ4v) is 3.49. The largest absolute Gasteiger partial charge is 0.300 e. The maximum Gasteiger partial charge on any atom is 0.295 e. The summed E-state index contributed by atoms with van der Waals surface area (Å²) in [6, 6.07) is 15.1. The first-order valence-corrected chi connectivity index (χ1v) is 9.82. The van der Waals surface area contributed by atoms with Crippen LogP contribution in [0.5, 0.6) is 0 Å². The van der Waals surface area contributed by atoms with E-state index in [-0.39, 0.29) is 23.0 Å². The van der Waals surface area contributed by atoms with Crippen LogP contribution in [0.25, 0.3) is 11.8 Å². The Bertz CT molecular complexity index is 1210. The molecule has 0 unspecified atom stereocenters. The average Bonchev–Trinajstić information content (AvgIpc) is 2.96. The van der Waals surface area contributed by atoms with Gasteiger partial charge in [-0.25, -0.2) is 4.68 Å². The van der Waals surface area contributed by atoms with E-state index in [0.717, 1.165) is 0 Å². The van der Waals surface area contributed by atoms with Crippen molar-refractivity contribution in [1.29, 1.82) is 0 Å². The van der Waals surface area contributed by atoms with Gasteiger partial charge in [0.05, 0.1) is 21.9 Å². The van der Waals surface area contributed by atoms with Gasteiger partial charge in [0.15, 0.2) is 0 Å². The van der Waals surface area contributed by atoms with Crippen molar-refractivity contribution in [1.82, 2.24) is 9.36 Å². The predicted molar refractivity (Wildman–Crippen MR) is 120 cm³/mol. The Kier molecular flexibility index (Phi) is 6.20. The number of nitro benzene ring substituents is 1. The zero-order valence-electron chi connectivity index (χ0n) is 17.9. The molecular weight excluding hydrogens is 396 g/mol. The van der Waals surface area contributed by atoms with E-state index >= 15 is 0 Å². The van der Waals surface area contributed by atoms with Gasteiger partial charge in [-0.1, -0.05) is 30.3 Å². The number of carbonyl (C=O) groups excluding carboxylic acids is 1. The summed E-state index contributed by atoms with van der Waals surface area (Å²) in [6.45, 7) is 5.41. The van der Waals surface area contributed by atoms with Gasteiger partial charge in [-0.15, -0.1) is 0 Å². The molecule has 0 fully saturated rings. The van der Waals surface area contributed by atoms with Gasteiger partial charge in [0, 0.05) is 25.2 Å². The number of benzene rings is 2. The highest BCUT2D eigenvalue weighted by molar-refractivity contribution is 6.04. The van der Waals surface area contributed by atoms with E-state index in [1.165, 1.54) is 27.8 Å². The van der Waals surface area contributed by atoms with E-state index in [1.54, 1.807) is 36.9 Å². The highest BCUT2D eigenvalue weighted by Crippen LogP contribution is 2.23. The van der Waals surface area contributed by atoms with Crippen LogP contribution in [0.2, 0.25) is 0 Å². The number of hydrogen-bond donors (Lipinski definition) is 0. The number of nitrogens with zero attached hydrogens (tertiary/aromatic N) is 4. The monoisotopic (exact) mass is 420 g/mol. The summed E-state index contributed by atoms with van der Waals surface area (Å²) in [5.74, 6) is -0.431. The minimum atomic E-state index is -0.496. The molecule has 0 spiro atoms. The molecule has 0 aliphatic heterocycles. The lowest BCUT2D eigenvalue weighted by molar-refractivity contribution is -0.385. The van der Waals surface area contributed by atoms with Crippen molar-refractivity contribution in [3.63, 3.8) is 0 Å². The van der Waals surface area contributed by atoms with Gasteiger partial charge >= 0.3 is 0 Å². The van der Waals surface area contributed by atoms with Crippen LogP contribution >= 0.6 is 0 Å². The molecule has 1 heterocycles. The lowest BCUT2D eigenvalue weighted by atomic mass is 10.1. The Morgan fingerprint density at radius 3 is 2.32 bits per heavy atom. The molecule has 31 heavy (non-hydrogen) atoms. The van der Waals surface area contributed by atoms with Crippen LogP contribution in [0.15, 0.2) is 65.5 Å². The summed E-state index contributed by atoms with van der Waals surface area (Å²) in [5.41, 5.74) is 1.51. The third-order valence-electron chi connectivity index (χ3n) is 5.06. The van der Waals surface area contributed by atoms with Gasteiger partial charge in [0.1, 0.15) is 5.69 Å². The van der Waals surface area contributed by atoms with Crippen LogP contribution in [0.3, 0.4) is 0 Å². The molecule has 3 rings (SSSR count). The van der Waals surface area contributed by atoms with Gasteiger partial charge in [-0.05, 0) is 45.0 Å². The molecule has 1 amide bonds. The van der Waals surface area contributed by atoms with E-state index in [9.17, 15) is 19.7 Å². The summed E-state index contributed by atoms with van der Waals surface area (Å²) < 4.78 is 3.22. The third-order valence-corrected chi connectivity index (χ3v) is 5.06. The topological polar surface area (TPSA) is 90.4 Å². The zero-order chi connectivity index (χ0) is 22.7. The summed E-state index contributed by atoms with van der Waals surface area (Å²) in [5, 5.41) is 11.2. The molecule has 0 aliphatic rings. The second-order valence-electron chi connectivity index (χ2n) is 7.36. The fraction of sp³-hybridized carbons (Fsp3) is 0.217. The minimum Gasteiger partial charge on any atom is -0.300 e. The molecule has 8 nitrogen and oxygen atoms in total. The number of carbonyl (C=O) groups is 1. The van der Waals surface area contributed by atoms with E-state index in [0.29, 0.717) is 16.9 Å². The lowest BCUT2D eigenvalue weighted by Crippen LogP contribution is -2.39. The smallest absolute Gasteiger partial charge is 0.295 e. The highest BCUT2D eigenvalue weighted by atomic mass is 16.6. The second-order valence-corrected chi connectivity index (χ2v) is 7.36. The Balaban J connectivity index is 2.05. The van der Waals surface area contributed by atoms with Gasteiger partial charge in [0.25, 0.3) is 17.2 Å². The molecule has 0 aliphatic carbocycles. The van der Waals surface area contributed by atoms with Crippen molar-refractivity contribution in [3.8, 4) is 5.69 Å². The number of anilines is 1. The molecule has 0 saturated carbocycles. The van der Waals surface area contributed by atoms with E-state index in [4.69, 9.17) is 0 Å². The van der Waals surface area contributed by atoms with Crippen LogP contribution in [-0.4, -0.2) is 26.2 Å². The maximum atomic E-state index is 13.3. The summed E-state index contributed by atoms with van der Waals surface area (Å²) in [7, 11) is 1.76. The standard InChI is InChI=1S/C23H24N4O4/c1-16(2)25(21(28)15-14-18-10-8-9-13-20(18)27(30)31)22-17(3)24(4)26(23(22)29)19-11-6-5-7-12-19/h5-16H,1-4H3/b15-14+. The normalized spacial score (nSPS) is 11.3. The van der Waals surface area contributed by atoms with Crippen LogP contribution in [0.1, 0.15) is 25.1 Å². The van der Waals surface area contributed by atoms with Crippen LogP contribution in [0, 0.1) is 17.0 Å². The highest BCUT2D eigenvalue weighted by Gasteiger charge is 2.27. The first-order chi connectivity index (χ1) is 14.7. The fourth-order valence-electron chi connectivity index (χ4n) is 3.49. The Labute approximate surface area is 179 Å². The number of aromatic nitrogens is 2. The van der Waals surface area contributed by atoms with E-state index < -0.39 is 10.8 Å². The first kappa shape index (κ1) is 21.8. The van der Waals surface area contributed by atoms with Gasteiger partial charge in [-0.2, -0.15) is 0 Å². The van der Waals surface area contributed by atoms with Gasteiger partial charge in [-0.3, -0.25) is 29.3 Å². The van der Waals surface area contributed by atoms with Crippen LogP contribution < -0.4 is 10.5 Å². The molecule has 1 aromatic heterocycles. The quantitative estimate of drug-likeness (QED) is 0.344. The van der Waals surface area contributed by atoms with E-state index in [2.05, 4.69) is 0 Å². The van der Waals surface area contributed by atoms with Crippen molar-refractivity contribution >= 4 is 23.4 Å². The lowest BCUT2D eigenvalue weighted by Gasteiger charge is -2.24. The molecule has 0 N–H and O–H groups in total. The predicted octanol–water partition coefficient (Wildman–Crippen LogP) is 3.85. The van der Waals surface area contributed by atoms with Gasteiger partial charge < -0.3 is 0 Å². The van der Waals surface area contributed by atoms with Crippen LogP contribution in [0.4, 0.5) is 11.4 Å². The van der Waals surface area contributed by atoms with Crippen molar-refractivity contribution in [2.45, 2.75) is 26.8 Å². The molecular formula is C23H24N4O4. The summed E-state index contributed by atoms with van der Waals surface area (Å²) in [6.07, 6.45) is 2.67. The molecule has 0 atom stereocenters. The molecule has 0 radical (unpaired) electrons. The zero-order valence-corrected chi connectivity index (χ0v) is 17.9. The average molecular weight is 420 g/mol. The number of rotatable bonds is 6. The molecule has 3 aromatic rings. The van der Waals surface area contributed by atoms with E-state index in [1.807, 2.05) is 44.2 Å². The summed E-state index contributed by atoms with van der Waals surface area (Å²) >= 11 is 0. The molecule has 160 valence electrons. The van der Waals surface area contributed by atoms with Crippen molar-refractivity contribution in [2.75, 3.05) is 4.90 Å². The minimum absolute atomic E-state index is 0.0926. The number of amides is 1. The molecule has 2 aromatic carbocycles. The van der Waals surface area contributed by atoms with Crippen molar-refractivity contribution in [3.05, 3.63) is 92.4 Å². The van der Waals surface area contributed by atoms with Crippen molar-refractivity contribution in [2.24, 2.45) is 7.05 Å². The maximum absolute atomic E-state index is 13.3. The molecule has 0 saturated heterocycles. The third kappa shape index (κ3) is 4.18. The molecule has 8 heteroatoms. The number of nitro groups is 1. The van der Waals surface area contributed by atoms with Crippen molar-refractivity contribution < 1.29 is 9.72 Å². The first-order valence-electron chi connectivity index (χ1n) is 9.82. The van der Waals surface area contributed by atoms with Crippen LogP contribution in [-0.2, 0) is 11.8 Å². The Morgan fingerprint density at radius 2 is 1.71 bits per heavy atom. The number of para-hydroxylation sites is 2. The second kappa shape index (κ2) is 8.83. The van der Waals surface area contributed by atoms with Gasteiger partial charge in [0.2, 0.25) is 0 Å². The Morgan fingerprint density at radius 1 is 1.10 bits per heavy atom. The number of hydrogen-bond acceptors (Lipinski definition) is 4. The Hall–Kier alpha value is -3.94. The molecule has 0 bridgehead atoms. The SMILES string of the molecule is Cc1c(N(C(=O)/C=C/c2ccccc2[N+](=O)[O-])C(C)C)c(=O)n(-c2ccccc2)n1C.